The van der Waals surface area contributed by atoms with Crippen LogP contribution < -0.4 is 15.8 Å². The van der Waals surface area contributed by atoms with Gasteiger partial charge in [0, 0.05) is 19.7 Å². The Balaban J connectivity index is 1.49. The van der Waals surface area contributed by atoms with E-state index in [4.69, 9.17) is 9.47 Å². The molecule has 3 N–H and O–H groups in total. The van der Waals surface area contributed by atoms with Gasteiger partial charge in [0.2, 0.25) is 0 Å². The smallest absolute Gasteiger partial charge is 0.344 e. The number of imidazole rings is 1. The van der Waals surface area contributed by atoms with Gasteiger partial charge in [0.25, 0.3) is 11.8 Å². The van der Waals surface area contributed by atoms with Crippen LogP contribution in [0.3, 0.4) is 0 Å². The third kappa shape index (κ3) is 4.50. The Hall–Kier alpha value is -3.39. The molecule has 1 saturated heterocycles. The molecule has 2 unspecified atom stereocenters. The standard InChI is InChI=1S/C22H28N5O8/c1-3-6-26-12-23-18-15(26)19(31)27(22(33)24(18)2)8-9-34-21(32)13-5-4-7-25(10-13)20-17(30)16(29)14(11-28)35-20/h4-5,7,10,12,14,16-17,20,28-30H,3,6,8-9,11H2,1-2H3/q+1/t14?,16-,17-,20?/m1/s1. The van der Waals surface area contributed by atoms with Crippen molar-refractivity contribution in [1.82, 2.24) is 18.7 Å². The zero-order valence-corrected chi connectivity index (χ0v) is 19.4. The minimum absolute atomic E-state index is 0.127. The van der Waals surface area contributed by atoms with E-state index < -0.39 is 48.4 Å². The van der Waals surface area contributed by atoms with Gasteiger partial charge in [-0.1, -0.05) is 6.92 Å². The van der Waals surface area contributed by atoms with E-state index in [1.54, 1.807) is 4.57 Å². The molecule has 0 aliphatic carbocycles. The Bertz CT molecular complexity index is 1350. The summed E-state index contributed by atoms with van der Waals surface area (Å²) in [6, 6.07) is 3.02. The van der Waals surface area contributed by atoms with Crippen LogP contribution in [0.5, 0.6) is 0 Å². The van der Waals surface area contributed by atoms with Gasteiger partial charge >= 0.3 is 11.7 Å². The maximum absolute atomic E-state index is 13.0. The van der Waals surface area contributed by atoms with Gasteiger partial charge in [-0.25, -0.2) is 14.6 Å². The molecule has 13 nitrogen and oxygen atoms in total. The summed E-state index contributed by atoms with van der Waals surface area (Å²) in [6.45, 7) is 1.69. The molecule has 188 valence electrons. The maximum Gasteiger partial charge on any atom is 0.344 e. The lowest BCUT2D eigenvalue weighted by molar-refractivity contribution is -0.765. The van der Waals surface area contributed by atoms with E-state index in [1.165, 1.54) is 47.0 Å². The van der Waals surface area contributed by atoms with E-state index in [2.05, 4.69) is 4.98 Å². The number of rotatable bonds is 8. The lowest BCUT2D eigenvalue weighted by Crippen LogP contribution is -2.46. The third-order valence-corrected chi connectivity index (χ3v) is 5.98. The average Bonchev–Trinajstić information content (AvgIpc) is 3.41. The fourth-order valence-corrected chi connectivity index (χ4v) is 4.14. The minimum Gasteiger partial charge on any atom is -0.460 e. The second kappa shape index (κ2) is 10.1. The third-order valence-electron chi connectivity index (χ3n) is 5.98. The number of hydrogen-bond donors (Lipinski definition) is 3. The van der Waals surface area contributed by atoms with Crippen LogP contribution in [0.2, 0.25) is 0 Å². The second-order valence-electron chi connectivity index (χ2n) is 8.31. The Morgan fingerprint density at radius 2 is 2.03 bits per heavy atom. The van der Waals surface area contributed by atoms with Gasteiger partial charge in [0.05, 0.1) is 19.5 Å². The van der Waals surface area contributed by atoms with Crippen LogP contribution in [0, 0.1) is 0 Å². The quantitative estimate of drug-likeness (QED) is 0.241. The second-order valence-corrected chi connectivity index (χ2v) is 8.31. The van der Waals surface area contributed by atoms with Crippen molar-refractivity contribution >= 4 is 17.1 Å². The summed E-state index contributed by atoms with van der Waals surface area (Å²) in [4.78, 5) is 42.4. The van der Waals surface area contributed by atoms with E-state index in [9.17, 15) is 29.7 Å². The Kier molecular flexibility index (Phi) is 7.12. The SMILES string of the molecule is CCCn1cnc2c1c(=O)n(CCOC(=O)c1ccc[n+](C3OC(CO)[C@@H](O)[C@H]3O)c1)c(=O)n2C. The first-order chi connectivity index (χ1) is 16.8. The zero-order valence-electron chi connectivity index (χ0n) is 19.4. The lowest BCUT2D eigenvalue weighted by atomic mass is 10.1. The van der Waals surface area contributed by atoms with Crippen molar-refractivity contribution < 1.29 is 34.2 Å². The Morgan fingerprint density at radius 1 is 1.26 bits per heavy atom. The molecule has 4 heterocycles. The van der Waals surface area contributed by atoms with Crippen molar-refractivity contribution in [3.8, 4) is 0 Å². The number of carbonyl (C=O) groups excluding carboxylic acids is 1. The van der Waals surface area contributed by atoms with Crippen molar-refractivity contribution in [2.75, 3.05) is 13.2 Å². The first kappa shape index (κ1) is 24.7. The van der Waals surface area contributed by atoms with Crippen molar-refractivity contribution in [2.24, 2.45) is 7.05 Å². The van der Waals surface area contributed by atoms with Crippen molar-refractivity contribution in [3.63, 3.8) is 0 Å². The van der Waals surface area contributed by atoms with Gasteiger partial charge in [-0.2, -0.15) is 4.57 Å². The number of carbonyl (C=O) groups is 1. The number of aromatic nitrogens is 5. The molecule has 3 aromatic heterocycles. The molecule has 4 rings (SSSR count). The number of ether oxygens (including phenoxy) is 2. The van der Waals surface area contributed by atoms with E-state index >= 15 is 0 Å². The van der Waals surface area contributed by atoms with Gasteiger partial charge < -0.3 is 29.4 Å². The highest BCUT2D eigenvalue weighted by atomic mass is 16.6. The fraction of sp³-hybridized carbons (Fsp3) is 0.500. The lowest BCUT2D eigenvalue weighted by Gasteiger charge is -2.11. The fourth-order valence-electron chi connectivity index (χ4n) is 4.14. The highest BCUT2D eigenvalue weighted by molar-refractivity contribution is 5.88. The van der Waals surface area contributed by atoms with Crippen LogP contribution in [0.1, 0.15) is 29.9 Å². The summed E-state index contributed by atoms with van der Waals surface area (Å²) in [7, 11) is 1.52. The summed E-state index contributed by atoms with van der Waals surface area (Å²) in [5.41, 5.74) is -0.348. The highest BCUT2D eigenvalue weighted by Gasteiger charge is 2.48. The normalized spacial score (nSPS) is 22.1. The van der Waals surface area contributed by atoms with Crippen LogP contribution in [0.4, 0.5) is 0 Å². The van der Waals surface area contributed by atoms with Crippen molar-refractivity contribution in [2.45, 2.75) is 51.0 Å². The molecule has 0 spiro atoms. The molecule has 0 bridgehead atoms. The van der Waals surface area contributed by atoms with Crippen LogP contribution in [0.15, 0.2) is 40.4 Å². The van der Waals surface area contributed by atoms with E-state index in [-0.39, 0.29) is 18.7 Å². The molecular formula is C22H28N5O8+. The first-order valence-electron chi connectivity index (χ1n) is 11.2. The van der Waals surface area contributed by atoms with Gasteiger partial charge in [0.15, 0.2) is 29.7 Å². The summed E-state index contributed by atoms with van der Waals surface area (Å²) in [5, 5.41) is 29.4. The number of fused-ring (bicyclic) bond motifs is 1. The Labute approximate surface area is 199 Å². The van der Waals surface area contributed by atoms with Gasteiger partial charge in [-0.15, -0.1) is 0 Å². The number of esters is 1. The molecule has 0 aromatic carbocycles. The molecule has 0 radical (unpaired) electrons. The average molecular weight is 490 g/mol. The van der Waals surface area contributed by atoms with Crippen molar-refractivity contribution in [1.29, 1.82) is 0 Å². The number of aliphatic hydroxyl groups excluding tert-OH is 3. The molecule has 1 fully saturated rings. The number of aliphatic hydroxyl groups is 3. The molecule has 4 atom stereocenters. The minimum atomic E-state index is -1.30. The largest absolute Gasteiger partial charge is 0.460 e. The monoisotopic (exact) mass is 490 g/mol. The molecular weight excluding hydrogens is 462 g/mol. The van der Waals surface area contributed by atoms with Gasteiger partial charge in [-0.3, -0.25) is 13.9 Å². The van der Waals surface area contributed by atoms with Gasteiger partial charge in [0.1, 0.15) is 24.4 Å². The molecule has 1 aliphatic rings. The number of nitrogens with zero attached hydrogens (tertiary/aromatic N) is 5. The summed E-state index contributed by atoms with van der Waals surface area (Å²) in [5.74, 6) is -0.715. The van der Waals surface area contributed by atoms with Crippen LogP contribution in [0.25, 0.3) is 11.2 Å². The van der Waals surface area contributed by atoms with Crippen LogP contribution in [-0.2, 0) is 29.6 Å². The molecule has 1 aliphatic heterocycles. The first-order valence-corrected chi connectivity index (χ1v) is 11.2. The predicted molar refractivity (Wildman–Crippen MR) is 119 cm³/mol. The van der Waals surface area contributed by atoms with E-state index in [1.807, 2.05) is 6.92 Å². The van der Waals surface area contributed by atoms with E-state index in [0.717, 1.165) is 11.0 Å². The molecule has 13 heteroatoms. The highest BCUT2D eigenvalue weighted by Crippen LogP contribution is 2.25. The number of aryl methyl sites for hydroxylation is 2. The van der Waals surface area contributed by atoms with Gasteiger partial charge in [-0.05, 0) is 12.5 Å². The summed E-state index contributed by atoms with van der Waals surface area (Å²) >= 11 is 0. The number of pyridine rings is 1. The van der Waals surface area contributed by atoms with Crippen molar-refractivity contribution in [3.05, 3.63) is 57.3 Å². The topological polar surface area (TPSA) is 162 Å². The summed E-state index contributed by atoms with van der Waals surface area (Å²) in [6.07, 6.45) is 0.684. The number of hydrogen-bond acceptors (Lipinski definition) is 9. The molecule has 0 amide bonds. The van der Waals surface area contributed by atoms with Crippen LogP contribution in [-0.4, -0.2) is 71.5 Å². The molecule has 35 heavy (non-hydrogen) atoms. The van der Waals surface area contributed by atoms with E-state index in [0.29, 0.717) is 17.7 Å². The molecule has 0 saturated carbocycles. The molecule has 3 aromatic rings. The summed E-state index contributed by atoms with van der Waals surface area (Å²) < 4.78 is 16.1. The Morgan fingerprint density at radius 3 is 2.71 bits per heavy atom. The predicted octanol–water partition coefficient (Wildman–Crippen LogP) is -1.94. The van der Waals surface area contributed by atoms with Crippen LogP contribution >= 0.6 is 0 Å². The maximum atomic E-state index is 13.0. The zero-order chi connectivity index (χ0) is 25.3.